The van der Waals surface area contributed by atoms with Gasteiger partial charge in [0.05, 0.1) is 13.7 Å². The molecule has 0 bridgehead atoms. The standard InChI is InChI=1S/C18H23NO2/c1-5-21-16-9-7-15(8-10-16)12-19-17-11-6-13(2)18(20-4)14(17)3/h6-11,19H,5,12H2,1-4H3. The number of benzene rings is 2. The van der Waals surface area contributed by atoms with Crippen LogP contribution in [0.15, 0.2) is 36.4 Å². The molecule has 0 spiro atoms. The molecule has 0 aliphatic carbocycles. The van der Waals surface area contributed by atoms with Crippen LogP contribution in [0, 0.1) is 13.8 Å². The summed E-state index contributed by atoms with van der Waals surface area (Å²) in [5, 5.41) is 3.46. The monoisotopic (exact) mass is 285 g/mol. The molecule has 0 radical (unpaired) electrons. The molecule has 0 heterocycles. The third kappa shape index (κ3) is 3.69. The molecule has 2 rings (SSSR count). The van der Waals surface area contributed by atoms with Crippen molar-refractivity contribution in [3.8, 4) is 11.5 Å². The van der Waals surface area contributed by atoms with Gasteiger partial charge < -0.3 is 14.8 Å². The zero-order chi connectivity index (χ0) is 15.2. The summed E-state index contributed by atoms with van der Waals surface area (Å²) < 4.78 is 10.9. The Labute approximate surface area is 126 Å². The quantitative estimate of drug-likeness (QED) is 0.857. The van der Waals surface area contributed by atoms with Crippen molar-refractivity contribution in [1.29, 1.82) is 0 Å². The minimum Gasteiger partial charge on any atom is -0.496 e. The molecule has 0 aliphatic heterocycles. The molecule has 0 saturated heterocycles. The lowest BCUT2D eigenvalue weighted by molar-refractivity contribution is 0.340. The van der Waals surface area contributed by atoms with Crippen LogP contribution in [0.5, 0.6) is 11.5 Å². The Morgan fingerprint density at radius 1 is 1.00 bits per heavy atom. The predicted molar refractivity (Wildman–Crippen MR) is 87.4 cm³/mol. The fourth-order valence-corrected chi connectivity index (χ4v) is 2.40. The van der Waals surface area contributed by atoms with Crippen molar-refractivity contribution in [3.63, 3.8) is 0 Å². The highest BCUT2D eigenvalue weighted by Crippen LogP contribution is 2.29. The van der Waals surface area contributed by atoms with Crippen molar-refractivity contribution < 1.29 is 9.47 Å². The van der Waals surface area contributed by atoms with Crippen LogP contribution in [-0.4, -0.2) is 13.7 Å². The molecule has 0 atom stereocenters. The topological polar surface area (TPSA) is 30.5 Å². The lowest BCUT2D eigenvalue weighted by Crippen LogP contribution is -2.03. The van der Waals surface area contributed by atoms with Gasteiger partial charge in [-0.05, 0) is 50.1 Å². The number of ether oxygens (including phenoxy) is 2. The van der Waals surface area contributed by atoms with Gasteiger partial charge in [0.25, 0.3) is 0 Å². The van der Waals surface area contributed by atoms with E-state index in [9.17, 15) is 0 Å². The van der Waals surface area contributed by atoms with Crippen LogP contribution in [0.4, 0.5) is 5.69 Å². The molecule has 1 N–H and O–H groups in total. The van der Waals surface area contributed by atoms with Crippen molar-refractivity contribution >= 4 is 5.69 Å². The van der Waals surface area contributed by atoms with Gasteiger partial charge in [0.1, 0.15) is 11.5 Å². The van der Waals surface area contributed by atoms with Gasteiger partial charge in [-0.2, -0.15) is 0 Å². The SMILES string of the molecule is CCOc1ccc(CNc2ccc(C)c(OC)c2C)cc1. The number of hydrogen-bond acceptors (Lipinski definition) is 3. The first-order chi connectivity index (χ1) is 10.2. The van der Waals surface area contributed by atoms with Gasteiger partial charge in [0, 0.05) is 17.8 Å². The third-order valence-corrected chi connectivity index (χ3v) is 3.52. The summed E-state index contributed by atoms with van der Waals surface area (Å²) in [6.07, 6.45) is 0. The maximum Gasteiger partial charge on any atom is 0.126 e. The molecule has 0 aliphatic rings. The Balaban J connectivity index is 2.06. The van der Waals surface area contributed by atoms with Gasteiger partial charge >= 0.3 is 0 Å². The van der Waals surface area contributed by atoms with Crippen molar-refractivity contribution in [2.75, 3.05) is 19.0 Å². The van der Waals surface area contributed by atoms with E-state index >= 15 is 0 Å². The molecular weight excluding hydrogens is 262 g/mol. The summed E-state index contributed by atoms with van der Waals surface area (Å²) >= 11 is 0. The van der Waals surface area contributed by atoms with Gasteiger partial charge in [-0.3, -0.25) is 0 Å². The number of anilines is 1. The summed E-state index contributed by atoms with van der Waals surface area (Å²) in [5.41, 5.74) is 4.62. The number of aryl methyl sites for hydroxylation is 1. The van der Waals surface area contributed by atoms with Gasteiger partial charge in [-0.1, -0.05) is 18.2 Å². The summed E-state index contributed by atoms with van der Waals surface area (Å²) in [6.45, 7) is 7.59. The van der Waals surface area contributed by atoms with Gasteiger partial charge in [0.2, 0.25) is 0 Å². The Morgan fingerprint density at radius 3 is 2.33 bits per heavy atom. The summed E-state index contributed by atoms with van der Waals surface area (Å²) in [5.74, 6) is 1.86. The average Bonchev–Trinajstić information content (AvgIpc) is 2.49. The molecule has 0 saturated carbocycles. The highest BCUT2D eigenvalue weighted by Gasteiger charge is 2.07. The van der Waals surface area contributed by atoms with Crippen LogP contribution in [0.1, 0.15) is 23.6 Å². The number of rotatable bonds is 6. The second-order valence-electron chi connectivity index (χ2n) is 5.02. The zero-order valence-corrected chi connectivity index (χ0v) is 13.2. The van der Waals surface area contributed by atoms with E-state index in [2.05, 4.69) is 43.4 Å². The van der Waals surface area contributed by atoms with Crippen LogP contribution < -0.4 is 14.8 Å². The molecule has 0 aromatic heterocycles. The number of hydrogen-bond donors (Lipinski definition) is 1. The zero-order valence-electron chi connectivity index (χ0n) is 13.2. The Hall–Kier alpha value is -2.16. The number of nitrogens with one attached hydrogen (secondary N) is 1. The molecule has 3 nitrogen and oxygen atoms in total. The largest absolute Gasteiger partial charge is 0.496 e. The van der Waals surface area contributed by atoms with E-state index in [1.165, 1.54) is 5.56 Å². The molecule has 2 aromatic carbocycles. The highest BCUT2D eigenvalue weighted by atomic mass is 16.5. The van der Waals surface area contributed by atoms with Crippen molar-refractivity contribution in [2.24, 2.45) is 0 Å². The van der Waals surface area contributed by atoms with Crippen LogP contribution >= 0.6 is 0 Å². The summed E-state index contributed by atoms with van der Waals surface area (Å²) in [7, 11) is 1.71. The van der Waals surface area contributed by atoms with Gasteiger partial charge in [-0.15, -0.1) is 0 Å². The smallest absolute Gasteiger partial charge is 0.126 e. The second-order valence-corrected chi connectivity index (χ2v) is 5.02. The molecule has 3 heteroatoms. The molecule has 0 amide bonds. The first kappa shape index (κ1) is 15.2. The molecule has 112 valence electrons. The molecule has 21 heavy (non-hydrogen) atoms. The van der Waals surface area contributed by atoms with Crippen molar-refractivity contribution in [2.45, 2.75) is 27.3 Å². The Kier molecular flexibility index (Phi) is 5.09. The molecule has 0 unspecified atom stereocenters. The van der Waals surface area contributed by atoms with Crippen LogP contribution in [-0.2, 0) is 6.54 Å². The first-order valence-corrected chi connectivity index (χ1v) is 7.25. The lowest BCUT2D eigenvalue weighted by atomic mass is 10.1. The van der Waals surface area contributed by atoms with E-state index in [0.29, 0.717) is 6.61 Å². The summed E-state index contributed by atoms with van der Waals surface area (Å²) in [4.78, 5) is 0. The van der Waals surface area contributed by atoms with Gasteiger partial charge in [-0.25, -0.2) is 0 Å². The molecule has 0 fully saturated rings. The second kappa shape index (κ2) is 7.02. The Bertz CT molecular complexity index is 591. The maximum atomic E-state index is 5.45. The summed E-state index contributed by atoms with van der Waals surface area (Å²) in [6, 6.07) is 12.3. The lowest BCUT2D eigenvalue weighted by Gasteiger charge is -2.15. The first-order valence-electron chi connectivity index (χ1n) is 7.25. The normalized spacial score (nSPS) is 10.3. The van der Waals surface area contributed by atoms with Crippen LogP contribution in [0.25, 0.3) is 0 Å². The van der Waals surface area contributed by atoms with E-state index in [1.54, 1.807) is 7.11 Å². The van der Waals surface area contributed by atoms with E-state index < -0.39 is 0 Å². The Morgan fingerprint density at radius 2 is 1.71 bits per heavy atom. The van der Waals surface area contributed by atoms with E-state index in [0.717, 1.165) is 34.9 Å². The average molecular weight is 285 g/mol. The van der Waals surface area contributed by atoms with E-state index in [1.807, 2.05) is 19.1 Å². The van der Waals surface area contributed by atoms with Crippen molar-refractivity contribution in [1.82, 2.24) is 0 Å². The maximum absolute atomic E-state index is 5.45. The molecule has 2 aromatic rings. The fraction of sp³-hybridized carbons (Fsp3) is 0.333. The van der Waals surface area contributed by atoms with Crippen LogP contribution in [0.3, 0.4) is 0 Å². The van der Waals surface area contributed by atoms with E-state index in [4.69, 9.17) is 9.47 Å². The van der Waals surface area contributed by atoms with E-state index in [-0.39, 0.29) is 0 Å². The predicted octanol–water partition coefficient (Wildman–Crippen LogP) is 4.32. The minimum atomic E-state index is 0.694. The van der Waals surface area contributed by atoms with Crippen molar-refractivity contribution in [3.05, 3.63) is 53.1 Å². The number of methoxy groups -OCH3 is 1. The highest BCUT2D eigenvalue weighted by molar-refractivity contribution is 5.59. The van der Waals surface area contributed by atoms with Gasteiger partial charge in [0.15, 0.2) is 0 Å². The van der Waals surface area contributed by atoms with Crippen LogP contribution in [0.2, 0.25) is 0 Å². The third-order valence-electron chi connectivity index (χ3n) is 3.52. The fourth-order valence-electron chi connectivity index (χ4n) is 2.40. The minimum absolute atomic E-state index is 0.694. The molecular formula is C18H23NO2.